The van der Waals surface area contributed by atoms with Crippen LogP contribution in [-0.4, -0.2) is 42.8 Å². The molecule has 0 aliphatic heterocycles. The van der Waals surface area contributed by atoms with E-state index in [4.69, 9.17) is 0 Å². The summed E-state index contributed by atoms with van der Waals surface area (Å²) < 4.78 is 3.37. The van der Waals surface area contributed by atoms with Crippen molar-refractivity contribution in [3.05, 3.63) is 72.6 Å². The summed E-state index contributed by atoms with van der Waals surface area (Å²) in [5.74, 6) is -0.950. The van der Waals surface area contributed by atoms with E-state index in [-0.39, 0.29) is 30.2 Å². The molecule has 10 heteroatoms. The summed E-state index contributed by atoms with van der Waals surface area (Å²) in [6.45, 7) is 9.19. The molecular weight excluding hydrogens is 494 g/mol. The van der Waals surface area contributed by atoms with Gasteiger partial charge in [0.05, 0.1) is 5.52 Å². The van der Waals surface area contributed by atoms with Gasteiger partial charge in [0.2, 0.25) is 17.7 Å². The van der Waals surface area contributed by atoms with Gasteiger partial charge in [-0.3, -0.25) is 19.3 Å². The number of aryl methyl sites for hydroxylation is 1. The Bertz CT molecular complexity index is 1480. The van der Waals surface area contributed by atoms with E-state index < -0.39 is 11.6 Å². The number of nitrogens with zero attached hydrogens (tertiary/aromatic N) is 5. The zero-order valence-electron chi connectivity index (χ0n) is 23.2. The van der Waals surface area contributed by atoms with Crippen LogP contribution in [0.25, 0.3) is 11.0 Å². The van der Waals surface area contributed by atoms with E-state index in [2.05, 4.69) is 20.9 Å². The molecule has 1 atom stereocenters. The van der Waals surface area contributed by atoms with Crippen LogP contribution in [0.2, 0.25) is 0 Å². The third-order valence-electron chi connectivity index (χ3n) is 6.09. The first-order valence-electron chi connectivity index (χ1n) is 12.9. The summed E-state index contributed by atoms with van der Waals surface area (Å²) in [7, 11) is 1.86. The lowest BCUT2D eigenvalue weighted by molar-refractivity contribution is -0.128. The minimum Gasteiger partial charge on any atom is -0.357 e. The number of fused-ring (bicyclic) bond motifs is 1. The fraction of sp³-hybridized carbons (Fsp3) is 0.345. The summed E-state index contributed by atoms with van der Waals surface area (Å²) >= 11 is 0. The molecule has 2 N–H and O–H groups in total. The van der Waals surface area contributed by atoms with Gasteiger partial charge in [0, 0.05) is 47.8 Å². The maximum Gasteiger partial charge on any atom is 0.249 e. The number of aromatic nitrogens is 4. The largest absolute Gasteiger partial charge is 0.357 e. The third kappa shape index (κ3) is 6.51. The highest BCUT2D eigenvalue weighted by molar-refractivity contribution is 6.02. The van der Waals surface area contributed by atoms with E-state index in [0.717, 1.165) is 0 Å². The first kappa shape index (κ1) is 27.6. The van der Waals surface area contributed by atoms with Gasteiger partial charge in [-0.2, -0.15) is 0 Å². The lowest BCUT2D eigenvalue weighted by atomic mass is 10.0. The van der Waals surface area contributed by atoms with Crippen LogP contribution >= 0.6 is 0 Å². The van der Waals surface area contributed by atoms with Crippen LogP contribution in [0.15, 0.2) is 67.0 Å². The number of rotatable bonds is 8. The highest BCUT2D eigenvalue weighted by Crippen LogP contribution is 2.30. The van der Waals surface area contributed by atoms with Crippen LogP contribution in [0.3, 0.4) is 0 Å². The third-order valence-corrected chi connectivity index (χ3v) is 6.09. The number of carbonyl (C=O) groups is 3. The standard InChI is InChI=1S/C29H35N7O3/c1-19(2)27(38)30-21-11-13-22(14-12-21)36(25(37)18-35-24-10-8-7-9-23(24)32-33-35)26(20-15-16-34(6)17-20)28(39)31-29(3,4)5/h7-17,19,26H,18H2,1-6H3,(H,30,38)(H,31,39). The summed E-state index contributed by atoms with van der Waals surface area (Å²) in [5.41, 5.74) is 2.63. The molecule has 4 aromatic rings. The number of hydrogen-bond donors (Lipinski definition) is 2. The number of benzene rings is 2. The maximum atomic E-state index is 14.1. The monoisotopic (exact) mass is 529 g/mol. The second kappa shape index (κ2) is 11.1. The SMILES string of the molecule is CC(C)C(=O)Nc1ccc(N(C(=O)Cn2nnc3ccccc32)C(C(=O)NC(C)(C)C)c2ccn(C)c2)cc1. The summed E-state index contributed by atoms with van der Waals surface area (Å²) in [5, 5.41) is 14.2. The first-order valence-corrected chi connectivity index (χ1v) is 12.9. The van der Waals surface area contributed by atoms with Crippen molar-refractivity contribution in [1.82, 2.24) is 24.9 Å². The van der Waals surface area contributed by atoms with Gasteiger partial charge in [-0.05, 0) is 63.2 Å². The van der Waals surface area contributed by atoms with Crippen LogP contribution in [0, 0.1) is 5.92 Å². The van der Waals surface area contributed by atoms with Gasteiger partial charge in [-0.15, -0.1) is 5.10 Å². The van der Waals surface area contributed by atoms with E-state index in [1.807, 2.05) is 89.0 Å². The lowest BCUT2D eigenvalue weighted by Crippen LogP contribution is -2.50. The molecule has 0 saturated heterocycles. The molecule has 0 saturated carbocycles. The zero-order valence-corrected chi connectivity index (χ0v) is 23.2. The average molecular weight is 530 g/mol. The highest BCUT2D eigenvalue weighted by Gasteiger charge is 2.35. The van der Waals surface area contributed by atoms with Gasteiger partial charge in [0.1, 0.15) is 18.1 Å². The van der Waals surface area contributed by atoms with Crippen molar-refractivity contribution in [1.29, 1.82) is 0 Å². The van der Waals surface area contributed by atoms with E-state index >= 15 is 0 Å². The molecule has 1 unspecified atom stereocenters. The molecule has 0 aliphatic carbocycles. The van der Waals surface area contributed by atoms with Crippen LogP contribution in [0.1, 0.15) is 46.2 Å². The Labute approximate surface area is 228 Å². The molecule has 204 valence electrons. The molecule has 0 radical (unpaired) electrons. The average Bonchev–Trinajstić information content (AvgIpc) is 3.48. The molecule has 2 aromatic heterocycles. The number of carbonyl (C=O) groups excluding carboxylic acids is 3. The minimum atomic E-state index is -0.955. The van der Waals surface area contributed by atoms with Crippen molar-refractivity contribution < 1.29 is 14.4 Å². The molecule has 0 fully saturated rings. The van der Waals surface area contributed by atoms with Gasteiger partial charge < -0.3 is 15.2 Å². The topological polar surface area (TPSA) is 114 Å². The Morgan fingerprint density at radius 2 is 1.67 bits per heavy atom. The Morgan fingerprint density at radius 1 is 0.974 bits per heavy atom. The fourth-order valence-electron chi connectivity index (χ4n) is 4.21. The molecule has 0 aliphatic rings. The summed E-state index contributed by atoms with van der Waals surface area (Å²) in [6.07, 6.45) is 3.67. The van der Waals surface area contributed by atoms with Gasteiger partial charge in [0.15, 0.2) is 0 Å². The van der Waals surface area contributed by atoms with Gasteiger partial charge in [0.25, 0.3) is 0 Å². The number of anilines is 2. The van der Waals surface area contributed by atoms with Gasteiger partial charge in [-0.1, -0.05) is 31.2 Å². The normalized spacial score (nSPS) is 12.4. The molecule has 39 heavy (non-hydrogen) atoms. The van der Waals surface area contributed by atoms with Crippen LogP contribution in [0.4, 0.5) is 11.4 Å². The van der Waals surface area contributed by atoms with Gasteiger partial charge >= 0.3 is 0 Å². The Morgan fingerprint density at radius 3 is 2.28 bits per heavy atom. The first-order chi connectivity index (χ1) is 18.4. The van der Waals surface area contributed by atoms with Crippen molar-refractivity contribution in [2.24, 2.45) is 13.0 Å². The predicted octanol–water partition coefficient (Wildman–Crippen LogP) is 4.05. The molecular formula is C29H35N7O3. The zero-order chi connectivity index (χ0) is 28.3. The van der Waals surface area contributed by atoms with Gasteiger partial charge in [-0.25, -0.2) is 4.68 Å². The van der Waals surface area contributed by atoms with E-state index in [1.165, 1.54) is 9.58 Å². The Balaban J connectivity index is 1.77. The van der Waals surface area contributed by atoms with Crippen molar-refractivity contribution in [3.63, 3.8) is 0 Å². The number of nitrogens with one attached hydrogen (secondary N) is 2. The predicted molar refractivity (Wildman–Crippen MR) is 151 cm³/mol. The van der Waals surface area contributed by atoms with Crippen molar-refractivity contribution in [3.8, 4) is 0 Å². The fourth-order valence-corrected chi connectivity index (χ4v) is 4.21. The second-order valence-electron chi connectivity index (χ2n) is 10.9. The minimum absolute atomic E-state index is 0.111. The van der Waals surface area contributed by atoms with E-state index in [1.54, 1.807) is 24.3 Å². The molecule has 0 spiro atoms. The van der Waals surface area contributed by atoms with Crippen molar-refractivity contribution in [2.75, 3.05) is 10.2 Å². The molecule has 2 heterocycles. The maximum absolute atomic E-state index is 14.1. The molecule has 4 rings (SSSR count). The smallest absolute Gasteiger partial charge is 0.249 e. The summed E-state index contributed by atoms with van der Waals surface area (Å²) in [4.78, 5) is 41.5. The number of hydrogen-bond acceptors (Lipinski definition) is 5. The van der Waals surface area contributed by atoms with Crippen LogP contribution < -0.4 is 15.5 Å². The highest BCUT2D eigenvalue weighted by atomic mass is 16.2. The summed E-state index contributed by atoms with van der Waals surface area (Å²) in [6, 6.07) is 15.2. The van der Waals surface area contributed by atoms with Crippen molar-refractivity contribution >= 4 is 40.1 Å². The van der Waals surface area contributed by atoms with Crippen LogP contribution in [0.5, 0.6) is 0 Å². The molecule has 0 bridgehead atoms. The quantitative estimate of drug-likeness (QED) is 0.357. The molecule has 3 amide bonds. The lowest BCUT2D eigenvalue weighted by Gasteiger charge is -2.33. The van der Waals surface area contributed by atoms with Crippen molar-refractivity contribution in [2.45, 2.75) is 52.7 Å². The molecule has 10 nitrogen and oxygen atoms in total. The number of para-hydroxylation sites is 1. The van der Waals surface area contributed by atoms with E-state index in [0.29, 0.717) is 28.0 Å². The Kier molecular flexibility index (Phi) is 7.85. The van der Waals surface area contributed by atoms with Crippen LogP contribution in [-0.2, 0) is 28.0 Å². The molecule has 2 aromatic carbocycles. The Hall–Kier alpha value is -4.47. The second-order valence-corrected chi connectivity index (χ2v) is 10.9. The number of amides is 3. The van der Waals surface area contributed by atoms with E-state index in [9.17, 15) is 14.4 Å².